The zero-order valence-electron chi connectivity index (χ0n) is 12.1. The molecular weight excluding hydrogens is 292 g/mol. The summed E-state index contributed by atoms with van der Waals surface area (Å²) in [5, 5.41) is 19.9. The monoisotopic (exact) mass is 308 g/mol. The molecule has 2 aromatic rings. The predicted molar refractivity (Wildman–Crippen MR) is 79.1 cm³/mol. The van der Waals surface area contributed by atoms with Crippen LogP contribution in [0.2, 0.25) is 0 Å². The highest BCUT2D eigenvalue weighted by Gasteiger charge is 2.23. The van der Waals surface area contributed by atoms with Crippen LogP contribution < -0.4 is 5.32 Å². The predicted octanol–water partition coefficient (Wildman–Crippen LogP) is 2.42. The minimum absolute atomic E-state index is 0.0122. The average molecular weight is 308 g/mol. The summed E-state index contributed by atoms with van der Waals surface area (Å²) in [6.07, 6.45) is 0. The summed E-state index contributed by atoms with van der Waals surface area (Å²) in [5.41, 5.74) is 0.729. The van der Waals surface area contributed by atoms with Gasteiger partial charge in [-0.05, 0) is 17.9 Å². The topological polar surface area (TPSA) is 108 Å². The van der Waals surface area contributed by atoms with Gasteiger partial charge in [0.05, 0.1) is 5.69 Å². The Hall–Kier alpha value is -2.22. The number of aromatic nitrogens is 3. The molecule has 0 aliphatic carbocycles. The molecule has 0 saturated carbocycles. The number of H-pyrrole nitrogens is 1. The Kier molecular flexibility index (Phi) is 3.82. The minimum atomic E-state index is -1.08. The molecule has 3 N–H and O–H groups in total. The number of hydrogen-bond donors (Lipinski definition) is 3. The maximum absolute atomic E-state index is 12.1. The first-order valence-electron chi connectivity index (χ1n) is 6.25. The number of aryl methyl sites for hydroxylation is 1. The number of amides is 1. The van der Waals surface area contributed by atoms with Gasteiger partial charge >= 0.3 is 5.97 Å². The molecule has 0 spiro atoms. The molecule has 21 heavy (non-hydrogen) atoms. The number of carbonyl (C=O) groups excluding carboxylic acids is 1. The SMILES string of the molecule is Cc1csc(C(=O)O)c1NC(=O)c1n[nH]c(C(C)(C)C)n1. The molecule has 0 radical (unpaired) electrons. The molecule has 2 heterocycles. The minimum Gasteiger partial charge on any atom is -0.477 e. The quantitative estimate of drug-likeness (QED) is 0.807. The lowest BCUT2D eigenvalue weighted by molar-refractivity contribution is 0.0703. The van der Waals surface area contributed by atoms with Gasteiger partial charge in [0.15, 0.2) is 0 Å². The van der Waals surface area contributed by atoms with Gasteiger partial charge in [0, 0.05) is 5.41 Å². The van der Waals surface area contributed by atoms with Crippen molar-refractivity contribution < 1.29 is 14.7 Å². The van der Waals surface area contributed by atoms with E-state index in [0.29, 0.717) is 17.1 Å². The summed E-state index contributed by atoms with van der Waals surface area (Å²) in [6, 6.07) is 0. The van der Waals surface area contributed by atoms with E-state index >= 15 is 0 Å². The summed E-state index contributed by atoms with van der Waals surface area (Å²) in [4.78, 5) is 27.5. The third-order valence-corrected chi connectivity index (χ3v) is 3.89. The van der Waals surface area contributed by atoms with Crippen LogP contribution in [0.25, 0.3) is 0 Å². The van der Waals surface area contributed by atoms with E-state index in [1.165, 1.54) is 0 Å². The third-order valence-electron chi connectivity index (χ3n) is 2.81. The molecule has 0 aliphatic rings. The van der Waals surface area contributed by atoms with Crippen LogP contribution >= 0.6 is 11.3 Å². The molecule has 0 saturated heterocycles. The van der Waals surface area contributed by atoms with Crippen LogP contribution in [0.15, 0.2) is 5.38 Å². The van der Waals surface area contributed by atoms with Crippen LogP contribution in [0.1, 0.15) is 52.4 Å². The van der Waals surface area contributed by atoms with E-state index in [-0.39, 0.29) is 16.1 Å². The Morgan fingerprint density at radius 1 is 1.38 bits per heavy atom. The second-order valence-corrected chi connectivity index (χ2v) is 6.52. The van der Waals surface area contributed by atoms with E-state index in [9.17, 15) is 9.59 Å². The lowest BCUT2D eigenvalue weighted by Crippen LogP contribution is -2.17. The van der Waals surface area contributed by atoms with Crippen molar-refractivity contribution in [2.45, 2.75) is 33.1 Å². The molecule has 8 heteroatoms. The van der Waals surface area contributed by atoms with Gasteiger partial charge in [-0.15, -0.1) is 16.4 Å². The largest absolute Gasteiger partial charge is 0.477 e. The normalized spacial score (nSPS) is 11.4. The summed E-state index contributed by atoms with van der Waals surface area (Å²) < 4.78 is 0. The number of nitrogens with zero attached hydrogens (tertiary/aromatic N) is 2. The van der Waals surface area contributed by atoms with Crippen LogP contribution in [0.3, 0.4) is 0 Å². The molecule has 2 rings (SSSR count). The highest BCUT2D eigenvalue weighted by molar-refractivity contribution is 7.12. The Bertz CT molecular complexity index is 697. The second kappa shape index (κ2) is 5.28. The molecule has 0 aliphatic heterocycles. The van der Waals surface area contributed by atoms with Crippen LogP contribution in [-0.4, -0.2) is 32.2 Å². The van der Waals surface area contributed by atoms with Crippen LogP contribution in [0.4, 0.5) is 5.69 Å². The van der Waals surface area contributed by atoms with Gasteiger partial charge in [0.25, 0.3) is 5.91 Å². The van der Waals surface area contributed by atoms with Crippen molar-refractivity contribution in [3.63, 3.8) is 0 Å². The van der Waals surface area contributed by atoms with Gasteiger partial charge in [-0.2, -0.15) is 0 Å². The van der Waals surface area contributed by atoms with E-state index in [0.717, 1.165) is 11.3 Å². The standard InChI is InChI=1S/C13H16N4O3S/c1-6-5-21-8(11(19)20)7(6)14-10(18)9-15-12(17-16-9)13(2,3)4/h5H,1-4H3,(H,14,18)(H,19,20)(H,15,16,17). The number of rotatable bonds is 3. The maximum Gasteiger partial charge on any atom is 0.348 e. The van der Waals surface area contributed by atoms with Gasteiger partial charge in [-0.25, -0.2) is 9.78 Å². The van der Waals surface area contributed by atoms with Crippen LogP contribution in [0.5, 0.6) is 0 Å². The molecule has 0 atom stereocenters. The van der Waals surface area contributed by atoms with Crippen LogP contribution in [-0.2, 0) is 5.41 Å². The van der Waals surface area contributed by atoms with E-state index in [2.05, 4.69) is 20.5 Å². The highest BCUT2D eigenvalue weighted by atomic mass is 32.1. The number of carboxylic acids is 1. The number of aromatic amines is 1. The smallest absolute Gasteiger partial charge is 0.348 e. The second-order valence-electron chi connectivity index (χ2n) is 5.64. The first-order valence-corrected chi connectivity index (χ1v) is 7.13. The van der Waals surface area contributed by atoms with Crippen molar-refractivity contribution in [3.05, 3.63) is 27.5 Å². The van der Waals surface area contributed by atoms with E-state index in [4.69, 9.17) is 5.11 Å². The van der Waals surface area contributed by atoms with Crippen molar-refractivity contribution in [3.8, 4) is 0 Å². The Morgan fingerprint density at radius 2 is 2.05 bits per heavy atom. The number of nitrogens with one attached hydrogen (secondary N) is 2. The van der Waals surface area contributed by atoms with E-state index in [1.807, 2.05) is 20.8 Å². The number of anilines is 1. The van der Waals surface area contributed by atoms with Crippen molar-refractivity contribution in [1.82, 2.24) is 15.2 Å². The molecule has 0 aromatic carbocycles. The fraction of sp³-hybridized carbons (Fsp3) is 0.385. The van der Waals surface area contributed by atoms with E-state index in [1.54, 1.807) is 12.3 Å². The zero-order valence-corrected chi connectivity index (χ0v) is 13.0. The fourth-order valence-electron chi connectivity index (χ4n) is 1.63. The van der Waals surface area contributed by atoms with Crippen LogP contribution in [0, 0.1) is 6.92 Å². The van der Waals surface area contributed by atoms with Gasteiger partial charge in [-0.1, -0.05) is 20.8 Å². The Labute approximate surface area is 125 Å². The number of carbonyl (C=O) groups is 2. The van der Waals surface area contributed by atoms with Crippen molar-refractivity contribution in [2.75, 3.05) is 5.32 Å². The molecule has 7 nitrogen and oxygen atoms in total. The maximum atomic E-state index is 12.1. The highest BCUT2D eigenvalue weighted by Crippen LogP contribution is 2.28. The molecule has 1 amide bonds. The number of carboxylic acid groups (broad SMARTS) is 1. The van der Waals surface area contributed by atoms with E-state index < -0.39 is 11.9 Å². The first-order chi connectivity index (χ1) is 9.70. The summed E-state index contributed by atoms with van der Waals surface area (Å²) >= 11 is 1.07. The van der Waals surface area contributed by atoms with Gasteiger partial charge < -0.3 is 10.4 Å². The Morgan fingerprint density at radius 3 is 2.57 bits per heavy atom. The summed E-state index contributed by atoms with van der Waals surface area (Å²) in [5.74, 6) is -1.03. The molecule has 0 bridgehead atoms. The number of hydrogen-bond acceptors (Lipinski definition) is 5. The number of thiophene rings is 1. The zero-order chi connectivity index (χ0) is 15.8. The lowest BCUT2D eigenvalue weighted by Gasteiger charge is -2.12. The third kappa shape index (κ3) is 3.10. The first kappa shape index (κ1) is 15.2. The summed E-state index contributed by atoms with van der Waals surface area (Å²) in [6.45, 7) is 7.57. The van der Waals surface area contributed by atoms with Gasteiger partial charge in [-0.3, -0.25) is 9.89 Å². The molecule has 0 unspecified atom stereocenters. The van der Waals surface area contributed by atoms with Crippen molar-refractivity contribution >= 4 is 28.9 Å². The number of aromatic carboxylic acids is 1. The van der Waals surface area contributed by atoms with Crippen molar-refractivity contribution in [1.29, 1.82) is 0 Å². The van der Waals surface area contributed by atoms with Gasteiger partial charge in [0.1, 0.15) is 10.7 Å². The van der Waals surface area contributed by atoms with Gasteiger partial charge in [0.2, 0.25) is 5.82 Å². The fourth-order valence-corrected chi connectivity index (χ4v) is 2.47. The lowest BCUT2D eigenvalue weighted by atomic mass is 9.96. The molecule has 2 aromatic heterocycles. The van der Waals surface area contributed by atoms with Crippen molar-refractivity contribution in [2.24, 2.45) is 0 Å². The molecule has 0 fully saturated rings. The molecular formula is C13H16N4O3S. The average Bonchev–Trinajstić information content (AvgIpc) is 2.96. The summed E-state index contributed by atoms with van der Waals surface area (Å²) in [7, 11) is 0. The Balaban J connectivity index is 2.25. The molecule has 112 valence electrons.